The van der Waals surface area contributed by atoms with Crippen LogP contribution >= 0.6 is 15.9 Å². The molecule has 1 aromatic rings. The summed E-state index contributed by atoms with van der Waals surface area (Å²) in [5.41, 5.74) is 7.26. The molecule has 1 aromatic carbocycles. The van der Waals surface area contributed by atoms with Crippen molar-refractivity contribution in [1.82, 2.24) is 0 Å². The Morgan fingerprint density at radius 1 is 1.56 bits per heavy atom. The summed E-state index contributed by atoms with van der Waals surface area (Å²) in [5.74, 6) is -0.842. The molecule has 1 unspecified atom stereocenters. The van der Waals surface area contributed by atoms with Crippen LogP contribution in [0.25, 0.3) is 0 Å². The van der Waals surface area contributed by atoms with E-state index in [4.69, 9.17) is 5.73 Å². The van der Waals surface area contributed by atoms with Crippen molar-refractivity contribution in [1.29, 1.82) is 0 Å². The number of amides is 2. The highest BCUT2D eigenvalue weighted by atomic mass is 79.9. The largest absolute Gasteiger partial charge is 0.369 e. The van der Waals surface area contributed by atoms with E-state index < -0.39 is 5.91 Å². The summed E-state index contributed by atoms with van der Waals surface area (Å²) < 4.78 is 0.875. The van der Waals surface area contributed by atoms with Gasteiger partial charge in [-0.3, -0.25) is 9.59 Å². The SMILES string of the molecule is CCc1ccc(N2CC(C(N)=O)CC2=O)c(Br)c1. The van der Waals surface area contributed by atoms with E-state index in [1.54, 1.807) is 4.90 Å². The number of carbonyl (C=O) groups excluding carboxylic acids is 2. The van der Waals surface area contributed by atoms with E-state index in [0.29, 0.717) is 6.54 Å². The number of benzene rings is 1. The molecule has 0 saturated carbocycles. The molecule has 1 aliphatic heterocycles. The lowest BCUT2D eigenvalue weighted by atomic mass is 10.1. The fourth-order valence-electron chi connectivity index (χ4n) is 2.12. The van der Waals surface area contributed by atoms with Crippen LogP contribution in [0.5, 0.6) is 0 Å². The number of aryl methyl sites for hydroxylation is 1. The number of primary amides is 1. The molecule has 1 aliphatic rings. The molecule has 0 aliphatic carbocycles. The molecule has 1 atom stereocenters. The fourth-order valence-corrected chi connectivity index (χ4v) is 2.76. The number of rotatable bonds is 3. The van der Waals surface area contributed by atoms with Gasteiger partial charge in [0.1, 0.15) is 0 Å². The molecule has 2 rings (SSSR count). The summed E-state index contributed by atoms with van der Waals surface area (Å²) in [6.07, 6.45) is 1.15. The third-order valence-corrected chi connectivity index (χ3v) is 3.87. The van der Waals surface area contributed by atoms with Crippen molar-refractivity contribution in [3.63, 3.8) is 0 Å². The molecule has 5 heteroatoms. The molecule has 96 valence electrons. The maximum absolute atomic E-state index is 11.9. The second-order valence-electron chi connectivity index (χ2n) is 4.45. The molecule has 1 saturated heterocycles. The molecule has 2 N–H and O–H groups in total. The van der Waals surface area contributed by atoms with Crippen molar-refractivity contribution in [2.24, 2.45) is 11.7 Å². The molecule has 1 fully saturated rings. The molecule has 0 radical (unpaired) electrons. The Balaban J connectivity index is 2.27. The second-order valence-corrected chi connectivity index (χ2v) is 5.30. The number of carbonyl (C=O) groups is 2. The predicted molar refractivity (Wildman–Crippen MR) is 73.2 cm³/mol. The second kappa shape index (κ2) is 5.10. The van der Waals surface area contributed by atoms with Gasteiger partial charge >= 0.3 is 0 Å². The third kappa shape index (κ3) is 2.41. The first-order valence-electron chi connectivity index (χ1n) is 5.91. The minimum atomic E-state index is -0.410. The molecular formula is C13H15BrN2O2. The van der Waals surface area contributed by atoms with Crippen LogP contribution < -0.4 is 10.6 Å². The predicted octanol–water partition coefficient (Wildman–Crippen LogP) is 1.85. The average molecular weight is 311 g/mol. The monoisotopic (exact) mass is 310 g/mol. The van der Waals surface area contributed by atoms with E-state index in [2.05, 4.69) is 22.9 Å². The number of halogens is 1. The molecule has 0 aromatic heterocycles. The summed E-state index contributed by atoms with van der Waals surface area (Å²) in [4.78, 5) is 24.7. The number of hydrogen-bond donors (Lipinski definition) is 1. The van der Waals surface area contributed by atoms with E-state index in [1.807, 2.05) is 18.2 Å². The maximum atomic E-state index is 11.9. The van der Waals surface area contributed by atoms with Gasteiger partial charge in [-0.25, -0.2) is 0 Å². The lowest BCUT2D eigenvalue weighted by Gasteiger charge is -2.18. The Labute approximate surface area is 114 Å². The summed E-state index contributed by atoms with van der Waals surface area (Å²) in [7, 11) is 0. The quantitative estimate of drug-likeness (QED) is 0.926. The van der Waals surface area contributed by atoms with E-state index in [0.717, 1.165) is 16.6 Å². The Morgan fingerprint density at radius 3 is 2.78 bits per heavy atom. The summed E-state index contributed by atoms with van der Waals surface area (Å²) >= 11 is 3.47. The van der Waals surface area contributed by atoms with E-state index >= 15 is 0 Å². The van der Waals surface area contributed by atoms with Crippen LogP contribution in [0.3, 0.4) is 0 Å². The van der Waals surface area contributed by atoms with Crippen LogP contribution in [0, 0.1) is 5.92 Å². The van der Waals surface area contributed by atoms with Crippen LogP contribution in [0.1, 0.15) is 18.9 Å². The zero-order valence-corrected chi connectivity index (χ0v) is 11.7. The minimum absolute atomic E-state index is 0.0521. The van der Waals surface area contributed by atoms with Gasteiger partial charge in [-0.2, -0.15) is 0 Å². The van der Waals surface area contributed by atoms with Gasteiger partial charge < -0.3 is 10.6 Å². The van der Waals surface area contributed by atoms with Gasteiger partial charge in [0.2, 0.25) is 11.8 Å². The first-order valence-corrected chi connectivity index (χ1v) is 6.70. The van der Waals surface area contributed by atoms with E-state index in [1.165, 1.54) is 5.56 Å². The summed E-state index contributed by atoms with van der Waals surface area (Å²) in [5, 5.41) is 0. The standard InChI is InChI=1S/C13H15BrN2O2/c1-2-8-3-4-11(10(14)5-8)16-7-9(13(15)18)6-12(16)17/h3-5,9H,2,6-7H2,1H3,(H2,15,18). The smallest absolute Gasteiger partial charge is 0.227 e. The highest BCUT2D eigenvalue weighted by Crippen LogP contribution is 2.32. The number of anilines is 1. The van der Waals surface area contributed by atoms with Gasteiger partial charge in [0, 0.05) is 17.4 Å². The lowest BCUT2D eigenvalue weighted by molar-refractivity contribution is -0.123. The van der Waals surface area contributed by atoms with Crippen molar-refractivity contribution in [2.45, 2.75) is 19.8 Å². The van der Waals surface area contributed by atoms with E-state index in [-0.39, 0.29) is 18.2 Å². The lowest BCUT2D eigenvalue weighted by Crippen LogP contribution is -2.28. The Hall–Kier alpha value is -1.36. The van der Waals surface area contributed by atoms with Gasteiger partial charge in [0.15, 0.2) is 0 Å². The van der Waals surface area contributed by atoms with Gasteiger partial charge in [-0.05, 0) is 40.0 Å². The number of hydrogen-bond acceptors (Lipinski definition) is 2. The molecule has 18 heavy (non-hydrogen) atoms. The van der Waals surface area contributed by atoms with E-state index in [9.17, 15) is 9.59 Å². The first-order chi connectivity index (χ1) is 8.52. The number of nitrogens with zero attached hydrogens (tertiary/aromatic N) is 1. The number of nitrogens with two attached hydrogens (primary N) is 1. The zero-order valence-electron chi connectivity index (χ0n) is 10.1. The van der Waals surface area contributed by atoms with Gasteiger partial charge in [0.05, 0.1) is 11.6 Å². The Morgan fingerprint density at radius 2 is 2.28 bits per heavy atom. The molecule has 0 bridgehead atoms. The topological polar surface area (TPSA) is 63.4 Å². The highest BCUT2D eigenvalue weighted by molar-refractivity contribution is 9.10. The maximum Gasteiger partial charge on any atom is 0.227 e. The Kier molecular flexibility index (Phi) is 3.71. The van der Waals surface area contributed by atoms with Gasteiger partial charge in [-0.1, -0.05) is 13.0 Å². The normalized spacial score (nSPS) is 19.3. The van der Waals surface area contributed by atoms with Gasteiger partial charge in [0.25, 0.3) is 0 Å². The third-order valence-electron chi connectivity index (χ3n) is 3.24. The van der Waals surface area contributed by atoms with Crippen molar-refractivity contribution in [3.05, 3.63) is 28.2 Å². The van der Waals surface area contributed by atoms with Crippen molar-refractivity contribution in [3.8, 4) is 0 Å². The van der Waals surface area contributed by atoms with Gasteiger partial charge in [-0.15, -0.1) is 0 Å². The molecular weight excluding hydrogens is 296 g/mol. The van der Waals surface area contributed by atoms with Crippen LogP contribution in [0.4, 0.5) is 5.69 Å². The Bertz CT molecular complexity index is 502. The van der Waals surface area contributed by atoms with Crippen molar-refractivity contribution < 1.29 is 9.59 Å². The highest BCUT2D eigenvalue weighted by Gasteiger charge is 2.34. The molecule has 4 nitrogen and oxygen atoms in total. The molecule has 1 heterocycles. The van der Waals surface area contributed by atoms with Crippen LogP contribution in [0.15, 0.2) is 22.7 Å². The fraction of sp³-hybridized carbons (Fsp3) is 0.385. The summed E-state index contributed by atoms with van der Waals surface area (Å²) in [6, 6.07) is 5.90. The van der Waals surface area contributed by atoms with Crippen LogP contribution in [-0.4, -0.2) is 18.4 Å². The average Bonchev–Trinajstić information content (AvgIpc) is 2.71. The molecule has 2 amide bonds. The minimum Gasteiger partial charge on any atom is -0.369 e. The first kappa shape index (κ1) is 13.1. The van der Waals surface area contributed by atoms with Crippen molar-refractivity contribution >= 4 is 33.4 Å². The van der Waals surface area contributed by atoms with Crippen LogP contribution in [0.2, 0.25) is 0 Å². The van der Waals surface area contributed by atoms with Crippen molar-refractivity contribution in [2.75, 3.05) is 11.4 Å². The van der Waals surface area contributed by atoms with Crippen LogP contribution in [-0.2, 0) is 16.0 Å². The zero-order chi connectivity index (χ0) is 13.3. The summed E-state index contributed by atoms with van der Waals surface area (Å²) in [6.45, 7) is 2.45. The molecule has 0 spiro atoms.